The summed E-state index contributed by atoms with van der Waals surface area (Å²) in [4.78, 5) is 0. The first-order chi connectivity index (χ1) is 8.04. The van der Waals surface area contributed by atoms with Crippen LogP contribution in [-0.2, 0) is 0 Å². The Labute approximate surface area is 104 Å². The van der Waals surface area contributed by atoms with Crippen molar-refractivity contribution < 1.29 is 0 Å². The van der Waals surface area contributed by atoms with E-state index in [1.807, 2.05) is 19.1 Å². The molecule has 0 rings (SSSR count). The smallest absolute Gasteiger partial charge is 0.0453 e. The van der Waals surface area contributed by atoms with Crippen molar-refractivity contribution in [1.29, 1.82) is 0 Å². The number of rotatable bonds is 8. The normalized spacial score (nSPS) is 14.1. The van der Waals surface area contributed by atoms with Gasteiger partial charge in [-0.1, -0.05) is 38.0 Å². The van der Waals surface area contributed by atoms with Crippen LogP contribution in [0.1, 0.15) is 13.3 Å². The van der Waals surface area contributed by atoms with Crippen LogP contribution < -0.4 is 16.8 Å². The van der Waals surface area contributed by atoms with Crippen LogP contribution in [0, 0.1) is 0 Å². The molecule has 0 aromatic heterocycles. The van der Waals surface area contributed by atoms with Crippen LogP contribution in [0.4, 0.5) is 0 Å². The van der Waals surface area contributed by atoms with Crippen LogP contribution in [-0.4, -0.2) is 12.6 Å². The quantitative estimate of drug-likeness (QED) is 0.562. The van der Waals surface area contributed by atoms with Gasteiger partial charge in [0.1, 0.15) is 0 Å². The van der Waals surface area contributed by atoms with E-state index in [0.29, 0.717) is 6.54 Å². The van der Waals surface area contributed by atoms with Crippen LogP contribution in [0.3, 0.4) is 0 Å². The highest BCUT2D eigenvalue weighted by Gasteiger charge is 2.05. The molecule has 0 fully saturated rings. The molecule has 1 atom stereocenters. The Morgan fingerprint density at radius 2 is 2.06 bits per heavy atom. The Hall–Kier alpha value is -1.58. The zero-order valence-corrected chi connectivity index (χ0v) is 10.6. The molecule has 17 heavy (non-hydrogen) atoms. The lowest BCUT2D eigenvalue weighted by molar-refractivity contribution is 0.662. The largest absolute Gasteiger partial charge is 0.362 e. The van der Waals surface area contributed by atoms with E-state index in [1.165, 1.54) is 0 Å². The first kappa shape index (κ1) is 15.4. The van der Waals surface area contributed by atoms with Crippen LogP contribution in [0.25, 0.3) is 0 Å². The fourth-order valence-corrected chi connectivity index (χ4v) is 1.30. The zero-order valence-electron chi connectivity index (χ0n) is 10.6. The van der Waals surface area contributed by atoms with Crippen molar-refractivity contribution >= 4 is 0 Å². The van der Waals surface area contributed by atoms with E-state index in [1.54, 1.807) is 12.2 Å². The summed E-state index contributed by atoms with van der Waals surface area (Å²) in [5, 5.41) is 3.15. The molecule has 0 saturated carbocycles. The summed E-state index contributed by atoms with van der Waals surface area (Å²) in [6.07, 6.45) is 8.02. The maximum atomic E-state index is 5.88. The summed E-state index contributed by atoms with van der Waals surface area (Å²) in [5.74, 6) is 0. The van der Waals surface area contributed by atoms with Crippen LogP contribution in [0.2, 0.25) is 0 Å². The third kappa shape index (κ3) is 6.56. The van der Waals surface area contributed by atoms with Gasteiger partial charge in [0.25, 0.3) is 0 Å². The molecule has 0 aliphatic carbocycles. The van der Waals surface area contributed by atoms with Crippen molar-refractivity contribution in [3.8, 4) is 0 Å². The molecular formula is C14H23N3. The van der Waals surface area contributed by atoms with Gasteiger partial charge in [0.2, 0.25) is 0 Å². The van der Waals surface area contributed by atoms with Crippen LogP contribution >= 0.6 is 0 Å². The number of hydrogen-bond acceptors (Lipinski definition) is 3. The summed E-state index contributed by atoms with van der Waals surface area (Å²) in [6, 6.07) is -0.126. The van der Waals surface area contributed by atoms with E-state index in [-0.39, 0.29) is 6.04 Å². The summed E-state index contributed by atoms with van der Waals surface area (Å²) >= 11 is 0. The molecule has 0 amide bonds. The number of allylic oxidation sites excluding steroid dienone is 6. The molecule has 94 valence electrons. The van der Waals surface area contributed by atoms with Crippen molar-refractivity contribution in [1.82, 2.24) is 5.32 Å². The fraction of sp³-hybridized carbons (Fsp3) is 0.286. The maximum absolute atomic E-state index is 5.88. The lowest BCUT2D eigenvalue weighted by Crippen LogP contribution is -2.32. The third-order valence-corrected chi connectivity index (χ3v) is 2.21. The van der Waals surface area contributed by atoms with Crippen molar-refractivity contribution in [2.24, 2.45) is 11.5 Å². The number of nitrogens with two attached hydrogens (primary N) is 2. The highest BCUT2D eigenvalue weighted by atomic mass is 14.9. The molecule has 0 spiro atoms. The maximum Gasteiger partial charge on any atom is 0.0453 e. The summed E-state index contributed by atoms with van der Waals surface area (Å²) < 4.78 is 0. The number of hydrogen-bond donors (Lipinski definition) is 3. The molecule has 0 radical (unpaired) electrons. The predicted molar refractivity (Wildman–Crippen MR) is 76.2 cm³/mol. The lowest BCUT2D eigenvalue weighted by atomic mass is 10.1. The summed E-state index contributed by atoms with van der Waals surface area (Å²) in [6.45, 7) is 13.8. The Balaban J connectivity index is 4.52. The summed E-state index contributed by atoms with van der Waals surface area (Å²) in [7, 11) is 0. The molecule has 0 aliphatic heterocycles. The van der Waals surface area contributed by atoms with E-state index in [9.17, 15) is 0 Å². The van der Waals surface area contributed by atoms with Crippen molar-refractivity contribution in [3.63, 3.8) is 0 Å². The van der Waals surface area contributed by atoms with Crippen LogP contribution in [0.15, 0.2) is 61.0 Å². The molecule has 3 nitrogen and oxygen atoms in total. The molecule has 0 saturated heterocycles. The minimum atomic E-state index is -0.126. The topological polar surface area (TPSA) is 64.1 Å². The van der Waals surface area contributed by atoms with E-state index in [0.717, 1.165) is 23.4 Å². The van der Waals surface area contributed by atoms with Gasteiger partial charge in [-0.3, -0.25) is 0 Å². The molecule has 1 unspecified atom stereocenters. The highest BCUT2D eigenvalue weighted by Crippen LogP contribution is 2.05. The molecule has 5 N–H and O–H groups in total. The van der Waals surface area contributed by atoms with Gasteiger partial charge in [-0.05, 0) is 31.5 Å². The van der Waals surface area contributed by atoms with Gasteiger partial charge >= 0.3 is 0 Å². The van der Waals surface area contributed by atoms with Gasteiger partial charge in [-0.25, -0.2) is 0 Å². The Morgan fingerprint density at radius 3 is 2.53 bits per heavy atom. The Kier molecular flexibility index (Phi) is 7.76. The fourth-order valence-electron chi connectivity index (χ4n) is 1.30. The van der Waals surface area contributed by atoms with Gasteiger partial charge in [0.15, 0.2) is 0 Å². The average molecular weight is 233 g/mol. The second kappa shape index (κ2) is 8.56. The molecular weight excluding hydrogens is 210 g/mol. The average Bonchev–Trinajstić information content (AvgIpc) is 2.28. The Morgan fingerprint density at radius 1 is 1.41 bits per heavy atom. The molecule has 0 heterocycles. The molecule has 0 bridgehead atoms. The van der Waals surface area contributed by atoms with E-state index < -0.39 is 0 Å². The van der Waals surface area contributed by atoms with E-state index in [2.05, 4.69) is 25.1 Å². The minimum Gasteiger partial charge on any atom is -0.362 e. The van der Waals surface area contributed by atoms with Gasteiger partial charge < -0.3 is 16.8 Å². The van der Waals surface area contributed by atoms with Gasteiger partial charge in [0.05, 0.1) is 0 Å². The standard InChI is InChI=1S/C14H23N3/c1-5-7-13(6-2)10-11(3)17-12(4)14(16)8-9-15/h5-7,10,14,17H,1-2,4,8-9,15-16H2,3H3/b11-10+,13-7-. The van der Waals surface area contributed by atoms with Crippen molar-refractivity contribution in [2.75, 3.05) is 6.54 Å². The second-order valence-corrected chi connectivity index (χ2v) is 3.77. The van der Waals surface area contributed by atoms with Crippen molar-refractivity contribution in [3.05, 3.63) is 61.0 Å². The zero-order chi connectivity index (χ0) is 13.3. The number of nitrogens with one attached hydrogen (secondary N) is 1. The molecule has 0 aliphatic rings. The molecule has 0 aromatic rings. The van der Waals surface area contributed by atoms with Gasteiger partial charge in [0, 0.05) is 17.4 Å². The molecule has 3 heteroatoms. The van der Waals surface area contributed by atoms with E-state index in [4.69, 9.17) is 11.5 Å². The predicted octanol–water partition coefficient (Wildman–Crippen LogP) is 1.97. The minimum absolute atomic E-state index is 0.126. The Bertz CT molecular complexity index is 337. The van der Waals surface area contributed by atoms with Gasteiger partial charge in [-0.15, -0.1) is 0 Å². The second-order valence-electron chi connectivity index (χ2n) is 3.77. The first-order valence-corrected chi connectivity index (χ1v) is 5.60. The van der Waals surface area contributed by atoms with Gasteiger partial charge in [-0.2, -0.15) is 0 Å². The third-order valence-electron chi connectivity index (χ3n) is 2.21. The highest BCUT2D eigenvalue weighted by molar-refractivity contribution is 5.34. The van der Waals surface area contributed by atoms with E-state index >= 15 is 0 Å². The molecule has 0 aromatic carbocycles. The SMILES string of the molecule is C=C/C=C(C=C)\C=C(/C)NC(=C)C(N)CCN. The summed E-state index contributed by atoms with van der Waals surface area (Å²) in [5.41, 5.74) is 14.0. The first-order valence-electron chi connectivity index (χ1n) is 5.60. The van der Waals surface area contributed by atoms with Crippen LogP contribution in [0.5, 0.6) is 0 Å². The monoisotopic (exact) mass is 233 g/mol. The lowest BCUT2D eigenvalue weighted by Gasteiger charge is -2.16. The van der Waals surface area contributed by atoms with Crippen molar-refractivity contribution in [2.45, 2.75) is 19.4 Å².